The molecule has 0 bridgehead atoms. The summed E-state index contributed by atoms with van der Waals surface area (Å²) in [6.45, 7) is 5.54. The van der Waals surface area contributed by atoms with E-state index in [1.54, 1.807) is 4.31 Å². The van der Waals surface area contributed by atoms with Crippen molar-refractivity contribution < 1.29 is 4.79 Å². The molecule has 1 aromatic carbocycles. The lowest BCUT2D eigenvalue weighted by atomic mass is 10.3. The van der Waals surface area contributed by atoms with Gasteiger partial charge in [0.25, 0.3) is 0 Å². The van der Waals surface area contributed by atoms with Gasteiger partial charge < -0.3 is 5.32 Å². The molecule has 94 valence electrons. The second kappa shape index (κ2) is 8.01. The van der Waals surface area contributed by atoms with Crippen molar-refractivity contribution in [3.63, 3.8) is 0 Å². The van der Waals surface area contributed by atoms with Crippen molar-refractivity contribution in [1.82, 2.24) is 9.62 Å². The van der Waals surface area contributed by atoms with Crippen molar-refractivity contribution in [3.05, 3.63) is 30.3 Å². The Kier molecular flexibility index (Phi) is 6.55. The number of nitrogens with zero attached hydrogens (tertiary/aromatic N) is 1. The summed E-state index contributed by atoms with van der Waals surface area (Å²) in [7, 11) is 0. The van der Waals surface area contributed by atoms with E-state index in [2.05, 4.69) is 12.2 Å². The van der Waals surface area contributed by atoms with Crippen molar-refractivity contribution >= 4 is 18.0 Å². The summed E-state index contributed by atoms with van der Waals surface area (Å²) >= 11 is 1.48. The monoisotopic (exact) mass is 252 g/mol. The number of hydrogen-bond donors (Lipinski definition) is 1. The Hall–Kier alpha value is -1.16. The van der Waals surface area contributed by atoms with Crippen LogP contribution in [0.15, 0.2) is 35.2 Å². The standard InChI is InChI=1S/C13H20N2OS/c1-3-5-11-14-13(16)15(4-2)17-12-9-7-6-8-10-12/h6-10H,3-5,11H2,1-2H3,(H,14,16). The van der Waals surface area contributed by atoms with Crippen LogP contribution in [0, 0.1) is 0 Å². The van der Waals surface area contributed by atoms with Crippen LogP contribution in [0.3, 0.4) is 0 Å². The molecule has 0 fully saturated rings. The first-order valence-corrected chi connectivity index (χ1v) is 6.83. The topological polar surface area (TPSA) is 32.3 Å². The fraction of sp³-hybridized carbons (Fsp3) is 0.462. The first-order valence-electron chi connectivity index (χ1n) is 6.06. The van der Waals surface area contributed by atoms with Gasteiger partial charge in [0.15, 0.2) is 0 Å². The van der Waals surface area contributed by atoms with Crippen LogP contribution in [0.4, 0.5) is 4.79 Å². The van der Waals surface area contributed by atoms with Gasteiger partial charge in [-0.05, 0) is 37.4 Å². The van der Waals surface area contributed by atoms with Crippen LogP contribution in [0.1, 0.15) is 26.7 Å². The lowest BCUT2D eigenvalue weighted by molar-refractivity contribution is 0.227. The van der Waals surface area contributed by atoms with Gasteiger partial charge in [-0.2, -0.15) is 0 Å². The number of carbonyl (C=O) groups excluding carboxylic acids is 1. The lowest BCUT2D eigenvalue weighted by Crippen LogP contribution is -2.35. The Labute approximate surface area is 108 Å². The van der Waals surface area contributed by atoms with Crippen molar-refractivity contribution in [2.75, 3.05) is 13.1 Å². The minimum atomic E-state index is -0.00481. The number of carbonyl (C=O) groups is 1. The molecule has 1 rings (SSSR count). The molecule has 3 nitrogen and oxygen atoms in total. The summed E-state index contributed by atoms with van der Waals surface area (Å²) in [5.74, 6) is 0. The predicted molar refractivity (Wildman–Crippen MR) is 73.0 cm³/mol. The Morgan fingerprint density at radius 1 is 1.29 bits per heavy atom. The number of nitrogens with one attached hydrogen (secondary N) is 1. The Balaban J connectivity index is 2.45. The van der Waals surface area contributed by atoms with Crippen molar-refractivity contribution in [1.29, 1.82) is 0 Å². The molecule has 0 aliphatic heterocycles. The van der Waals surface area contributed by atoms with E-state index < -0.39 is 0 Å². The minimum Gasteiger partial charge on any atom is -0.337 e. The van der Waals surface area contributed by atoms with Gasteiger partial charge in [-0.1, -0.05) is 31.5 Å². The first kappa shape index (κ1) is 13.9. The number of benzene rings is 1. The normalized spacial score (nSPS) is 10.0. The summed E-state index contributed by atoms with van der Waals surface area (Å²) in [4.78, 5) is 12.9. The molecule has 1 N–H and O–H groups in total. The first-order chi connectivity index (χ1) is 8.27. The molecule has 0 unspecified atom stereocenters. The van der Waals surface area contributed by atoms with Gasteiger partial charge in [0.05, 0.1) is 0 Å². The molecule has 0 saturated carbocycles. The Morgan fingerprint density at radius 2 is 2.00 bits per heavy atom. The predicted octanol–water partition coefficient (Wildman–Crippen LogP) is 3.53. The molecule has 17 heavy (non-hydrogen) atoms. The molecule has 0 heterocycles. The summed E-state index contributed by atoms with van der Waals surface area (Å²) in [6.07, 6.45) is 2.12. The number of amides is 2. The van der Waals surface area contributed by atoms with E-state index in [1.807, 2.05) is 37.3 Å². The molecule has 0 aliphatic rings. The second-order valence-electron chi connectivity index (χ2n) is 3.68. The zero-order valence-corrected chi connectivity index (χ0v) is 11.3. The maximum Gasteiger partial charge on any atom is 0.327 e. The molecular weight excluding hydrogens is 232 g/mol. The van der Waals surface area contributed by atoms with Crippen molar-refractivity contribution in [2.24, 2.45) is 0 Å². The second-order valence-corrected chi connectivity index (χ2v) is 4.78. The highest BCUT2D eigenvalue weighted by atomic mass is 32.2. The maximum absolute atomic E-state index is 11.8. The van der Waals surface area contributed by atoms with E-state index in [0.717, 1.165) is 24.3 Å². The van der Waals surface area contributed by atoms with E-state index in [-0.39, 0.29) is 6.03 Å². The molecule has 1 aromatic rings. The molecular formula is C13H20N2OS. The quantitative estimate of drug-likeness (QED) is 0.620. The van der Waals surface area contributed by atoms with E-state index in [9.17, 15) is 4.79 Å². The Bertz CT molecular complexity index is 329. The van der Waals surface area contributed by atoms with Gasteiger partial charge in [0, 0.05) is 18.0 Å². The lowest BCUT2D eigenvalue weighted by Gasteiger charge is -2.19. The smallest absolute Gasteiger partial charge is 0.327 e. The largest absolute Gasteiger partial charge is 0.337 e. The zero-order valence-electron chi connectivity index (χ0n) is 10.5. The molecule has 0 saturated heterocycles. The van der Waals surface area contributed by atoms with Crippen LogP contribution >= 0.6 is 11.9 Å². The van der Waals surface area contributed by atoms with Crippen LogP contribution in [0.25, 0.3) is 0 Å². The molecule has 0 aliphatic carbocycles. The van der Waals surface area contributed by atoms with E-state index in [0.29, 0.717) is 6.54 Å². The summed E-state index contributed by atoms with van der Waals surface area (Å²) in [6, 6.07) is 9.94. The van der Waals surface area contributed by atoms with E-state index in [1.165, 1.54) is 11.9 Å². The van der Waals surface area contributed by atoms with E-state index >= 15 is 0 Å². The Morgan fingerprint density at radius 3 is 2.59 bits per heavy atom. The third-order valence-electron chi connectivity index (χ3n) is 2.28. The van der Waals surface area contributed by atoms with Crippen LogP contribution in [0.2, 0.25) is 0 Å². The number of rotatable bonds is 6. The van der Waals surface area contributed by atoms with Crippen LogP contribution in [-0.2, 0) is 0 Å². The fourth-order valence-electron chi connectivity index (χ4n) is 1.32. The van der Waals surface area contributed by atoms with Gasteiger partial charge in [-0.15, -0.1) is 0 Å². The fourth-order valence-corrected chi connectivity index (χ4v) is 2.13. The molecule has 2 amide bonds. The van der Waals surface area contributed by atoms with Gasteiger partial charge in [0.1, 0.15) is 0 Å². The summed E-state index contributed by atoms with van der Waals surface area (Å²) in [5.41, 5.74) is 0. The van der Waals surface area contributed by atoms with Crippen molar-refractivity contribution in [3.8, 4) is 0 Å². The van der Waals surface area contributed by atoms with Crippen LogP contribution < -0.4 is 5.32 Å². The molecule has 0 spiro atoms. The average molecular weight is 252 g/mol. The molecule has 0 radical (unpaired) electrons. The molecule has 0 atom stereocenters. The van der Waals surface area contributed by atoms with Gasteiger partial charge in [0.2, 0.25) is 0 Å². The van der Waals surface area contributed by atoms with Crippen LogP contribution in [-0.4, -0.2) is 23.4 Å². The average Bonchev–Trinajstić information content (AvgIpc) is 2.37. The number of urea groups is 1. The van der Waals surface area contributed by atoms with Gasteiger partial charge >= 0.3 is 6.03 Å². The number of unbranched alkanes of at least 4 members (excludes halogenated alkanes) is 1. The highest BCUT2D eigenvalue weighted by Gasteiger charge is 2.11. The summed E-state index contributed by atoms with van der Waals surface area (Å²) in [5, 5.41) is 2.92. The SMILES string of the molecule is CCCCNC(=O)N(CC)Sc1ccccc1. The third kappa shape index (κ3) is 5.13. The molecule has 0 aromatic heterocycles. The van der Waals surface area contributed by atoms with Gasteiger partial charge in [-0.25, -0.2) is 4.79 Å². The highest BCUT2D eigenvalue weighted by Crippen LogP contribution is 2.21. The van der Waals surface area contributed by atoms with E-state index in [4.69, 9.17) is 0 Å². The maximum atomic E-state index is 11.8. The summed E-state index contributed by atoms with van der Waals surface area (Å²) < 4.78 is 1.74. The zero-order chi connectivity index (χ0) is 12.5. The van der Waals surface area contributed by atoms with Crippen molar-refractivity contribution in [2.45, 2.75) is 31.6 Å². The van der Waals surface area contributed by atoms with Gasteiger partial charge in [-0.3, -0.25) is 4.31 Å². The van der Waals surface area contributed by atoms with Crippen LogP contribution in [0.5, 0.6) is 0 Å². The third-order valence-corrected chi connectivity index (χ3v) is 3.41. The molecule has 4 heteroatoms. The highest BCUT2D eigenvalue weighted by molar-refractivity contribution is 7.97. The minimum absolute atomic E-state index is 0.00481. The number of hydrogen-bond acceptors (Lipinski definition) is 2.